The molecule has 0 aliphatic rings. The number of hydrogen-bond acceptors (Lipinski definition) is 3. The van der Waals surface area contributed by atoms with E-state index in [2.05, 4.69) is 0 Å². The largest absolute Gasteiger partial charge is 0.419 e. The maximum absolute atomic E-state index is 11.3. The van der Waals surface area contributed by atoms with Crippen molar-refractivity contribution < 1.29 is 9.52 Å². The summed E-state index contributed by atoms with van der Waals surface area (Å²) in [6.07, 6.45) is 0.382. The lowest BCUT2D eigenvalue weighted by atomic mass is 9.95. The van der Waals surface area contributed by atoms with Gasteiger partial charge in [0.15, 0.2) is 5.58 Å². The first-order valence-electron chi connectivity index (χ1n) is 5.82. The highest BCUT2D eigenvalue weighted by Crippen LogP contribution is 2.26. The smallest absolute Gasteiger partial charge is 0.408 e. The van der Waals surface area contributed by atoms with Gasteiger partial charge >= 0.3 is 5.76 Å². The molecule has 17 heavy (non-hydrogen) atoms. The van der Waals surface area contributed by atoms with Gasteiger partial charge in [0, 0.05) is 7.05 Å². The Morgan fingerprint density at radius 1 is 1.47 bits per heavy atom. The van der Waals surface area contributed by atoms with E-state index in [4.69, 9.17) is 4.42 Å². The molecular weight excluding hydrogens is 218 g/mol. The monoisotopic (exact) mass is 235 g/mol. The molecule has 0 spiro atoms. The number of aromatic nitrogens is 1. The van der Waals surface area contributed by atoms with Crippen LogP contribution in [0.4, 0.5) is 0 Å². The number of aliphatic hydroxyl groups excluding tert-OH is 1. The number of aryl methyl sites for hydroxylation is 1. The average Bonchev–Trinajstić information content (AvgIpc) is 2.62. The molecule has 1 aromatic heterocycles. The van der Waals surface area contributed by atoms with Crippen LogP contribution in [0.3, 0.4) is 0 Å². The van der Waals surface area contributed by atoms with Crippen molar-refractivity contribution in [1.29, 1.82) is 0 Å². The Morgan fingerprint density at radius 2 is 2.18 bits per heavy atom. The van der Waals surface area contributed by atoms with Crippen molar-refractivity contribution in [1.82, 2.24) is 4.57 Å². The first-order valence-corrected chi connectivity index (χ1v) is 5.82. The molecule has 0 amide bonds. The lowest BCUT2D eigenvalue weighted by Crippen LogP contribution is -2.08. The first-order chi connectivity index (χ1) is 8.04. The van der Waals surface area contributed by atoms with Crippen molar-refractivity contribution in [3.05, 3.63) is 34.3 Å². The topological polar surface area (TPSA) is 55.4 Å². The number of rotatable bonds is 3. The van der Waals surface area contributed by atoms with Gasteiger partial charge in [-0.15, -0.1) is 0 Å². The van der Waals surface area contributed by atoms with Gasteiger partial charge in [-0.05, 0) is 23.6 Å². The second-order valence-electron chi connectivity index (χ2n) is 4.48. The summed E-state index contributed by atoms with van der Waals surface area (Å²) in [5, 5.41) is 10.1. The van der Waals surface area contributed by atoms with Crippen molar-refractivity contribution in [3.63, 3.8) is 0 Å². The molecule has 2 aromatic rings. The predicted octanol–water partition coefficient (Wildman–Crippen LogP) is 2.21. The van der Waals surface area contributed by atoms with Crippen LogP contribution in [-0.4, -0.2) is 9.67 Å². The zero-order valence-electron chi connectivity index (χ0n) is 10.3. The van der Waals surface area contributed by atoms with Crippen LogP contribution in [0.25, 0.3) is 11.1 Å². The van der Waals surface area contributed by atoms with Crippen LogP contribution in [0, 0.1) is 5.92 Å². The molecule has 0 fully saturated rings. The van der Waals surface area contributed by atoms with Gasteiger partial charge in [-0.2, -0.15) is 0 Å². The van der Waals surface area contributed by atoms with Gasteiger partial charge in [-0.25, -0.2) is 4.79 Å². The molecule has 2 atom stereocenters. The second kappa shape index (κ2) is 4.37. The summed E-state index contributed by atoms with van der Waals surface area (Å²) < 4.78 is 6.55. The van der Waals surface area contributed by atoms with E-state index in [-0.39, 0.29) is 11.7 Å². The Kier molecular flexibility index (Phi) is 3.07. The molecule has 4 nitrogen and oxygen atoms in total. The molecular formula is C13H17NO3. The average molecular weight is 235 g/mol. The SMILES string of the molecule is CCC(C)C(O)c1ccc2c(c1)oc(=O)n2C. The molecule has 0 bridgehead atoms. The summed E-state index contributed by atoms with van der Waals surface area (Å²) in [6.45, 7) is 4.03. The number of hydrogen-bond donors (Lipinski definition) is 1. The third-order valence-corrected chi connectivity index (χ3v) is 3.34. The van der Waals surface area contributed by atoms with E-state index in [0.29, 0.717) is 5.58 Å². The van der Waals surface area contributed by atoms with Crippen molar-refractivity contribution in [3.8, 4) is 0 Å². The Hall–Kier alpha value is -1.55. The zero-order valence-corrected chi connectivity index (χ0v) is 10.3. The molecule has 2 rings (SSSR count). The highest BCUT2D eigenvalue weighted by Gasteiger charge is 2.16. The van der Waals surface area contributed by atoms with Crippen molar-refractivity contribution in [2.45, 2.75) is 26.4 Å². The summed E-state index contributed by atoms with van der Waals surface area (Å²) in [6, 6.07) is 5.39. The van der Waals surface area contributed by atoms with Gasteiger partial charge in [0.2, 0.25) is 0 Å². The fourth-order valence-electron chi connectivity index (χ4n) is 1.89. The van der Waals surface area contributed by atoms with Gasteiger partial charge in [0.25, 0.3) is 0 Å². The molecule has 1 aromatic carbocycles. The van der Waals surface area contributed by atoms with Crippen molar-refractivity contribution >= 4 is 11.1 Å². The predicted molar refractivity (Wildman–Crippen MR) is 65.9 cm³/mol. The number of benzene rings is 1. The normalized spacial score (nSPS) is 15.1. The van der Waals surface area contributed by atoms with E-state index in [1.54, 1.807) is 19.2 Å². The second-order valence-corrected chi connectivity index (χ2v) is 4.48. The maximum Gasteiger partial charge on any atom is 0.419 e. The molecule has 1 heterocycles. The van der Waals surface area contributed by atoms with Gasteiger partial charge in [-0.1, -0.05) is 26.3 Å². The highest BCUT2D eigenvalue weighted by molar-refractivity contribution is 5.73. The lowest BCUT2D eigenvalue weighted by molar-refractivity contribution is 0.115. The van der Waals surface area contributed by atoms with Gasteiger partial charge in [0.05, 0.1) is 11.6 Å². The maximum atomic E-state index is 11.3. The molecule has 0 saturated carbocycles. The third-order valence-electron chi connectivity index (χ3n) is 3.34. The molecule has 1 N–H and O–H groups in total. The van der Waals surface area contributed by atoms with Crippen LogP contribution in [0.5, 0.6) is 0 Å². The third kappa shape index (κ3) is 2.00. The number of oxazole rings is 1. The van der Waals surface area contributed by atoms with Crippen molar-refractivity contribution in [2.24, 2.45) is 13.0 Å². The molecule has 92 valence electrons. The lowest BCUT2D eigenvalue weighted by Gasteiger charge is -2.17. The Morgan fingerprint density at radius 3 is 2.82 bits per heavy atom. The van der Waals surface area contributed by atoms with Gasteiger partial charge in [0.1, 0.15) is 0 Å². The van der Waals surface area contributed by atoms with Crippen LogP contribution in [0.2, 0.25) is 0 Å². The summed E-state index contributed by atoms with van der Waals surface area (Å²) in [4.78, 5) is 11.3. The van der Waals surface area contributed by atoms with Crippen molar-refractivity contribution in [2.75, 3.05) is 0 Å². The summed E-state index contributed by atoms with van der Waals surface area (Å²) in [7, 11) is 1.67. The molecule has 0 saturated heterocycles. The summed E-state index contributed by atoms with van der Waals surface area (Å²) in [5.41, 5.74) is 2.06. The Bertz CT molecular complexity index is 582. The molecule has 4 heteroatoms. The Balaban J connectivity index is 2.48. The standard InChI is InChI=1S/C13H17NO3/c1-4-8(2)12(15)9-5-6-10-11(7-9)17-13(16)14(10)3/h5-8,12,15H,4H2,1-3H3. The van der Waals surface area contributed by atoms with Gasteiger partial charge < -0.3 is 9.52 Å². The fraction of sp³-hybridized carbons (Fsp3) is 0.462. The van der Waals surface area contributed by atoms with E-state index in [1.165, 1.54) is 4.57 Å². The van der Waals surface area contributed by atoms with Gasteiger partial charge in [-0.3, -0.25) is 4.57 Å². The molecule has 2 unspecified atom stereocenters. The highest BCUT2D eigenvalue weighted by atomic mass is 16.4. The minimum atomic E-state index is -0.519. The quantitative estimate of drug-likeness (QED) is 0.887. The van der Waals surface area contributed by atoms with Crippen LogP contribution in [0.15, 0.2) is 27.4 Å². The number of nitrogens with zero attached hydrogens (tertiary/aromatic N) is 1. The summed E-state index contributed by atoms with van der Waals surface area (Å²) in [5.74, 6) is -0.196. The molecule has 0 aliphatic carbocycles. The summed E-state index contributed by atoms with van der Waals surface area (Å²) >= 11 is 0. The van der Waals surface area contributed by atoms with Crippen LogP contribution >= 0.6 is 0 Å². The van der Waals surface area contributed by atoms with E-state index in [9.17, 15) is 9.90 Å². The van der Waals surface area contributed by atoms with E-state index >= 15 is 0 Å². The Labute approximate surface area is 99.5 Å². The van der Waals surface area contributed by atoms with E-state index < -0.39 is 6.10 Å². The first kappa shape index (κ1) is 11.9. The molecule has 0 aliphatic heterocycles. The van der Waals surface area contributed by atoms with Crippen LogP contribution in [0.1, 0.15) is 31.9 Å². The number of fused-ring (bicyclic) bond motifs is 1. The minimum Gasteiger partial charge on any atom is -0.408 e. The number of aliphatic hydroxyl groups is 1. The van der Waals surface area contributed by atoms with E-state index in [1.807, 2.05) is 19.9 Å². The molecule has 0 radical (unpaired) electrons. The van der Waals surface area contributed by atoms with Crippen LogP contribution < -0.4 is 5.76 Å². The fourth-order valence-corrected chi connectivity index (χ4v) is 1.89. The zero-order chi connectivity index (χ0) is 12.6. The van der Waals surface area contributed by atoms with E-state index in [0.717, 1.165) is 17.5 Å². The minimum absolute atomic E-state index is 0.183. The van der Waals surface area contributed by atoms with Crippen LogP contribution in [-0.2, 0) is 7.05 Å².